The molecule has 2 aromatic rings. The summed E-state index contributed by atoms with van der Waals surface area (Å²) >= 11 is 0. The molecule has 0 radical (unpaired) electrons. The van der Waals surface area contributed by atoms with E-state index in [1.54, 1.807) is 39.5 Å². The summed E-state index contributed by atoms with van der Waals surface area (Å²) in [6.07, 6.45) is 1.48. The second-order valence-electron chi connectivity index (χ2n) is 4.71. The Morgan fingerprint density at radius 2 is 1.48 bits per heavy atom. The van der Waals surface area contributed by atoms with Crippen molar-refractivity contribution in [2.45, 2.75) is 0 Å². The van der Waals surface area contributed by atoms with Gasteiger partial charge in [0.25, 0.3) is 0 Å². The molecule has 0 heterocycles. The lowest BCUT2D eigenvalue weighted by molar-refractivity contribution is 0.355. The van der Waals surface area contributed by atoms with Crippen LogP contribution in [0.25, 0.3) is 5.57 Å². The Kier molecular flexibility index (Phi) is 5.11. The maximum Gasteiger partial charge on any atom is 0.161 e. The minimum absolute atomic E-state index is 0.542. The average molecular weight is 310 g/mol. The summed E-state index contributed by atoms with van der Waals surface area (Å²) in [5.41, 5.74) is 8.79. The molecule has 0 aromatic heterocycles. The standard InChI is InChI=1S/C18H18N2O3/c1-21-16-7-5-13(11-18(16)23-3)14(8-9-19)12-4-6-15(20)17(10-12)22-2/h4-8,10-11H,20H2,1-3H3/b14-8+. The Balaban J connectivity index is 2.56. The van der Waals surface area contributed by atoms with Gasteiger partial charge in [0.15, 0.2) is 11.5 Å². The maximum absolute atomic E-state index is 9.13. The van der Waals surface area contributed by atoms with Gasteiger partial charge < -0.3 is 19.9 Å². The fourth-order valence-corrected chi connectivity index (χ4v) is 2.28. The van der Waals surface area contributed by atoms with Crippen LogP contribution in [0.3, 0.4) is 0 Å². The highest BCUT2D eigenvalue weighted by Gasteiger charge is 2.12. The molecule has 2 rings (SSSR count). The summed E-state index contributed by atoms with van der Waals surface area (Å²) in [5.74, 6) is 1.78. The molecule has 0 atom stereocenters. The van der Waals surface area contributed by atoms with Crippen LogP contribution in [0.5, 0.6) is 17.2 Å². The molecule has 0 aliphatic heterocycles. The van der Waals surface area contributed by atoms with Crippen molar-refractivity contribution in [3.05, 3.63) is 53.6 Å². The first-order chi connectivity index (χ1) is 11.1. The molecule has 5 nitrogen and oxygen atoms in total. The Morgan fingerprint density at radius 3 is 2.04 bits per heavy atom. The summed E-state index contributed by atoms with van der Waals surface area (Å²) in [5, 5.41) is 9.13. The zero-order valence-corrected chi connectivity index (χ0v) is 13.3. The summed E-state index contributed by atoms with van der Waals surface area (Å²) in [4.78, 5) is 0. The van der Waals surface area contributed by atoms with Crippen molar-refractivity contribution in [2.24, 2.45) is 0 Å². The predicted octanol–water partition coefficient (Wildman–Crippen LogP) is 3.25. The third-order valence-corrected chi connectivity index (χ3v) is 3.45. The van der Waals surface area contributed by atoms with E-state index in [0.717, 1.165) is 16.7 Å². The van der Waals surface area contributed by atoms with E-state index in [0.29, 0.717) is 22.9 Å². The van der Waals surface area contributed by atoms with E-state index in [2.05, 4.69) is 6.07 Å². The molecule has 2 aromatic carbocycles. The smallest absolute Gasteiger partial charge is 0.161 e. The lowest BCUT2D eigenvalue weighted by atomic mass is 9.96. The van der Waals surface area contributed by atoms with E-state index in [4.69, 9.17) is 25.2 Å². The van der Waals surface area contributed by atoms with Crippen molar-refractivity contribution < 1.29 is 14.2 Å². The highest BCUT2D eigenvalue weighted by molar-refractivity contribution is 5.83. The van der Waals surface area contributed by atoms with Gasteiger partial charge >= 0.3 is 0 Å². The van der Waals surface area contributed by atoms with Gasteiger partial charge in [-0.15, -0.1) is 0 Å². The van der Waals surface area contributed by atoms with Crippen LogP contribution in [0.2, 0.25) is 0 Å². The van der Waals surface area contributed by atoms with Crippen molar-refractivity contribution in [3.63, 3.8) is 0 Å². The first kappa shape index (κ1) is 16.2. The van der Waals surface area contributed by atoms with Crippen LogP contribution in [0, 0.1) is 11.3 Å². The zero-order valence-electron chi connectivity index (χ0n) is 13.3. The summed E-state index contributed by atoms with van der Waals surface area (Å²) in [6, 6.07) is 13.0. The molecule has 0 saturated heterocycles. The number of anilines is 1. The molecule has 0 aliphatic rings. The number of nitriles is 1. The molecule has 0 unspecified atom stereocenters. The van der Waals surface area contributed by atoms with Gasteiger partial charge in [-0.2, -0.15) is 5.26 Å². The van der Waals surface area contributed by atoms with Gasteiger partial charge in [-0.3, -0.25) is 0 Å². The zero-order chi connectivity index (χ0) is 16.8. The van der Waals surface area contributed by atoms with Gasteiger partial charge in [0, 0.05) is 6.08 Å². The van der Waals surface area contributed by atoms with Gasteiger partial charge in [-0.25, -0.2) is 0 Å². The summed E-state index contributed by atoms with van der Waals surface area (Å²) in [6.45, 7) is 0. The molecule has 23 heavy (non-hydrogen) atoms. The number of allylic oxidation sites excluding steroid dienone is 1. The molecule has 2 N–H and O–H groups in total. The number of methoxy groups -OCH3 is 3. The molecule has 0 amide bonds. The van der Waals surface area contributed by atoms with Crippen molar-refractivity contribution in [1.29, 1.82) is 5.26 Å². The van der Waals surface area contributed by atoms with Crippen LogP contribution in [0.1, 0.15) is 11.1 Å². The van der Waals surface area contributed by atoms with Crippen LogP contribution < -0.4 is 19.9 Å². The monoisotopic (exact) mass is 310 g/mol. The third-order valence-electron chi connectivity index (χ3n) is 3.45. The van der Waals surface area contributed by atoms with E-state index in [9.17, 15) is 0 Å². The number of nitrogens with zero attached hydrogens (tertiary/aromatic N) is 1. The topological polar surface area (TPSA) is 77.5 Å². The summed E-state index contributed by atoms with van der Waals surface area (Å²) in [7, 11) is 4.70. The molecule has 0 spiro atoms. The van der Waals surface area contributed by atoms with Crippen molar-refractivity contribution >= 4 is 11.3 Å². The van der Waals surface area contributed by atoms with E-state index < -0.39 is 0 Å². The number of hydrogen-bond acceptors (Lipinski definition) is 5. The first-order valence-electron chi connectivity index (χ1n) is 6.90. The van der Waals surface area contributed by atoms with Crippen LogP contribution in [-0.2, 0) is 0 Å². The normalized spacial score (nSPS) is 10.8. The Hall–Kier alpha value is -3.13. The predicted molar refractivity (Wildman–Crippen MR) is 89.6 cm³/mol. The number of rotatable bonds is 5. The van der Waals surface area contributed by atoms with Crippen molar-refractivity contribution in [3.8, 4) is 23.3 Å². The van der Waals surface area contributed by atoms with Gasteiger partial charge in [0.05, 0.1) is 33.1 Å². The quantitative estimate of drug-likeness (QED) is 0.677. The maximum atomic E-state index is 9.13. The summed E-state index contributed by atoms with van der Waals surface area (Å²) < 4.78 is 15.8. The molecule has 118 valence electrons. The molecular formula is C18H18N2O3. The fraction of sp³-hybridized carbons (Fsp3) is 0.167. The fourth-order valence-electron chi connectivity index (χ4n) is 2.28. The first-order valence-corrected chi connectivity index (χ1v) is 6.90. The van der Waals surface area contributed by atoms with E-state index >= 15 is 0 Å². The van der Waals surface area contributed by atoms with Crippen molar-refractivity contribution in [2.75, 3.05) is 27.1 Å². The lowest BCUT2D eigenvalue weighted by Gasteiger charge is -2.13. The minimum atomic E-state index is 0.542. The van der Waals surface area contributed by atoms with Crippen LogP contribution in [0.15, 0.2) is 42.5 Å². The second-order valence-corrected chi connectivity index (χ2v) is 4.71. The van der Waals surface area contributed by atoms with Gasteiger partial charge in [0.2, 0.25) is 0 Å². The van der Waals surface area contributed by atoms with Crippen LogP contribution in [-0.4, -0.2) is 21.3 Å². The average Bonchev–Trinajstić information content (AvgIpc) is 2.59. The highest BCUT2D eigenvalue weighted by atomic mass is 16.5. The highest BCUT2D eigenvalue weighted by Crippen LogP contribution is 2.34. The molecule has 0 aliphatic carbocycles. The number of nitrogens with two attached hydrogens (primary N) is 1. The molecule has 0 bridgehead atoms. The molecule has 0 saturated carbocycles. The van der Waals surface area contributed by atoms with E-state index in [1.807, 2.05) is 18.2 Å². The Labute approximate surface area is 135 Å². The Morgan fingerprint density at radius 1 is 0.913 bits per heavy atom. The Bertz CT molecular complexity index is 776. The molecular weight excluding hydrogens is 292 g/mol. The third kappa shape index (κ3) is 3.38. The number of benzene rings is 2. The van der Waals surface area contributed by atoms with Gasteiger partial charge in [-0.1, -0.05) is 12.1 Å². The lowest BCUT2D eigenvalue weighted by Crippen LogP contribution is -1.96. The van der Waals surface area contributed by atoms with E-state index in [1.165, 1.54) is 6.08 Å². The van der Waals surface area contributed by atoms with Gasteiger partial charge in [-0.05, 0) is 41.0 Å². The largest absolute Gasteiger partial charge is 0.495 e. The molecule has 5 heteroatoms. The minimum Gasteiger partial charge on any atom is -0.495 e. The van der Waals surface area contributed by atoms with Crippen molar-refractivity contribution in [1.82, 2.24) is 0 Å². The van der Waals surface area contributed by atoms with E-state index in [-0.39, 0.29) is 0 Å². The number of hydrogen-bond donors (Lipinski definition) is 1. The number of ether oxygens (including phenoxy) is 3. The van der Waals surface area contributed by atoms with Crippen LogP contribution in [0.4, 0.5) is 5.69 Å². The SMILES string of the molecule is COc1cc(/C(=C\C#N)c2ccc(OC)c(OC)c2)ccc1N. The number of nitrogen functional groups attached to an aromatic ring is 1. The molecule has 0 fully saturated rings. The second kappa shape index (κ2) is 7.23. The van der Waals surface area contributed by atoms with Crippen LogP contribution >= 0.6 is 0 Å². The van der Waals surface area contributed by atoms with Gasteiger partial charge in [0.1, 0.15) is 5.75 Å².